The third-order valence-corrected chi connectivity index (χ3v) is 5.91. The molecule has 1 aromatic carbocycles. The number of para-hydroxylation sites is 2. The minimum Gasteiger partial charge on any atom is -0.366 e. The predicted molar refractivity (Wildman–Crippen MR) is 127 cm³/mol. The third kappa shape index (κ3) is 4.99. The van der Waals surface area contributed by atoms with E-state index in [0.717, 1.165) is 27.2 Å². The molecule has 3 aromatic rings. The Bertz CT molecular complexity index is 1140. The van der Waals surface area contributed by atoms with Crippen molar-refractivity contribution in [3.05, 3.63) is 70.2 Å². The van der Waals surface area contributed by atoms with E-state index in [2.05, 4.69) is 36.2 Å². The molecule has 0 aliphatic carbocycles. The SMILES string of the molecule is Cc1cc(C)n(CC(=O)N2CCN(c3ccccc3NC(=O)c3cncc(Br)c3)CC2)n1. The van der Waals surface area contributed by atoms with Crippen molar-refractivity contribution in [1.29, 1.82) is 0 Å². The number of amides is 2. The van der Waals surface area contributed by atoms with Gasteiger partial charge < -0.3 is 15.1 Å². The van der Waals surface area contributed by atoms with Crippen LogP contribution in [0.5, 0.6) is 0 Å². The van der Waals surface area contributed by atoms with E-state index in [9.17, 15) is 9.59 Å². The summed E-state index contributed by atoms with van der Waals surface area (Å²) in [7, 11) is 0. The van der Waals surface area contributed by atoms with Gasteiger partial charge in [-0.2, -0.15) is 5.10 Å². The van der Waals surface area contributed by atoms with E-state index >= 15 is 0 Å². The highest BCUT2D eigenvalue weighted by Gasteiger charge is 2.23. The van der Waals surface area contributed by atoms with E-state index < -0.39 is 0 Å². The summed E-state index contributed by atoms with van der Waals surface area (Å²) in [6.45, 7) is 6.76. The Balaban J connectivity index is 1.40. The molecule has 166 valence electrons. The summed E-state index contributed by atoms with van der Waals surface area (Å²) in [6.07, 6.45) is 3.18. The number of pyridine rings is 1. The Morgan fingerprint density at radius 3 is 2.50 bits per heavy atom. The largest absolute Gasteiger partial charge is 0.366 e. The fraction of sp³-hybridized carbons (Fsp3) is 0.304. The van der Waals surface area contributed by atoms with Crippen LogP contribution in [0.2, 0.25) is 0 Å². The summed E-state index contributed by atoms with van der Waals surface area (Å²) in [5.74, 6) is -0.149. The molecule has 1 N–H and O–H groups in total. The van der Waals surface area contributed by atoms with Gasteiger partial charge in [0.25, 0.3) is 5.91 Å². The van der Waals surface area contributed by atoms with Crippen LogP contribution in [-0.4, -0.2) is 57.7 Å². The van der Waals surface area contributed by atoms with Crippen LogP contribution in [0.1, 0.15) is 21.7 Å². The highest BCUT2D eigenvalue weighted by Crippen LogP contribution is 2.27. The van der Waals surface area contributed by atoms with Gasteiger partial charge in [0.2, 0.25) is 5.91 Å². The number of hydrogen-bond donors (Lipinski definition) is 1. The zero-order valence-corrected chi connectivity index (χ0v) is 19.7. The van der Waals surface area contributed by atoms with Crippen LogP contribution in [0.4, 0.5) is 11.4 Å². The number of carbonyl (C=O) groups is 2. The van der Waals surface area contributed by atoms with Crippen molar-refractivity contribution in [3.8, 4) is 0 Å². The molecular weight excluding hydrogens is 472 g/mol. The summed E-state index contributed by atoms with van der Waals surface area (Å²) >= 11 is 3.35. The maximum absolute atomic E-state index is 12.7. The van der Waals surface area contributed by atoms with Gasteiger partial charge in [0.1, 0.15) is 6.54 Å². The predicted octanol–water partition coefficient (Wildman–Crippen LogP) is 3.26. The molecule has 0 spiro atoms. The summed E-state index contributed by atoms with van der Waals surface area (Å²) in [5.41, 5.74) is 4.06. The highest BCUT2D eigenvalue weighted by molar-refractivity contribution is 9.10. The van der Waals surface area contributed by atoms with E-state index in [1.54, 1.807) is 16.9 Å². The van der Waals surface area contributed by atoms with Gasteiger partial charge in [-0.1, -0.05) is 12.1 Å². The van der Waals surface area contributed by atoms with Crippen molar-refractivity contribution < 1.29 is 9.59 Å². The van der Waals surface area contributed by atoms with E-state index in [-0.39, 0.29) is 18.4 Å². The Hall–Kier alpha value is -3.20. The zero-order chi connectivity index (χ0) is 22.7. The van der Waals surface area contributed by atoms with Crippen molar-refractivity contribution >= 4 is 39.1 Å². The Morgan fingerprint density at radius 1 is 1.06 bits per heavy atom. The number of anilines is 2. The van der Waals surface area contributed by atoms with E-state index in [4.69, 9.17) is 0 Å². The number of aryl methyl sites for hydroxylation is 2. The molecule has 4 rings (SSSR count). The van der Waals surface area contributed by atoms with Crippen LogP contribution in [0.3, 0.4) is 0 Å². The number of benzene rings is 1. The molecule has 1 aliphatic heterocycles. The quantitative estimate of drug-likeness (QED) is 0.585. The molecule has 2 aromatic heterocycles. The van der Waals surface area contributed by atoms with Gasteiger partial charge in [0.05, 0.1) is 22.6 Å². The normalized spacial score (nSPS) is 13.8. The summed E-state index contributed by atoms with van der Waals surface area (Å²) in [5, 5.41) is 7.38. The first-order chi connectivity index (χ1) is 15.4. The standard InChI is InChI=1S/C23H25BrN6O2/c1-16-11-17(2)30(27-16)15-22(31)29-9-7-28(8-10-29)21-6-4-3-5-20(21)26-23(32)18-12-19(24)14-25-13-18/h3-6,11-14H,7-10,15H2,1-2H3,(H,26,32). The number of rotatable bonds is 5. The summed E-state index contributed by atoms with van der Waals surface area (Å²) in [4.78, 5) is 33.6. The fourth-order valence-corrected chi connectivity index (χ4v) is 4.21. The van der Waals surface area contributed by atoms with Crippen LogP contribution < -0.4 is 10.2 Å². The molecule has 0 saturated carbocycles. The number of hydrogen-bond acceptors (Lipinski definition) is 5. The molecule has 0 bridgehead atoms. The molecule has 0 unspecified atom stereocenters. The number of nitrogens with zero attached hydrogens (tertiary/aromatic N) is 5. The maximum Gasteiger partial charge on any atom is 0.257 e. The first-order valence-corrected chi connectivity index (χ1v) is 11.2. The lowest BCUT2D eigenvalue weighted by molar-refractivity contribution is -0.132. The first-order valence-electron chi connectivity index (χ1n) is 10.5. The number of piperazine rings is 1. The lowest BCUT2D eigenvalue weighted by atomic mass is 10.2. The molecule has 1 saturated heterocycles. The second-order valence-electron chi connectivity index (χ2n) is 7.82. The second-order valence-corrected chi connectivity index (χ2v) is 8.73. The molecular formula is C23H25BrN6O2. The second kappa shape index (κ2) is 9.52. The number of aromatic nitrogens is 3. The van der Waals surface area contributed by atoms with Gasteiger partial charge in [0, 0.05) is 48.7 Å². The van der Waals surface area contributed by atoms with Crippen molar-refractivity contribution in [3.63, 3.8) is 0 Å². The molecule has 9 heteroatoms. The van der Waals surface area contributed by atoms with E-state index in [1.165, 1.54) is 6.20 Å². The Morgan fingerprint density at radius 2 is 1.81 bits per heavy atom. The van der Waals surface area contributed by atoms with Gasteiger partial charge in [-0.15, -0.1) is 0 Å². The highest BCUT2D eigenvalue weighted by atomic mass is 79.9. The topological polar surface area (TPSA) is 83.4 Å². The van der Waals surface area contributed by atoms with Crippen LogP contribution >= 0.6 is 15.9 Å². The average molecular weight is 497 g/mol. The van der Waals surface area contributed by atoms with Gasteiger partial charge >= 0.3 is 0 Å². The molecule has 0 atom stereocenters. The molecule has 3 heterocycles. The molecule has 8 nitrogen and oxygen atoms in total. The zero-order valence-electron chi connectivity index (χ0n) is 18.1. The van der Waals surface area contributed by atoms with Crippen molar-refractivity contribution in [2.75, 3.05) is 36.4 Å². The molecule has 32 heavy (non-hydrogen) atoms. The number of carbonyl (C=O) groups excluding carboxylic acids is 2. The van der Waals surface area contributed by atoms with Crippen molar-refractivity contribution in [1.82, 2.24) is 19.7 Å². The van der Waals surface area contributed by atoms with Crippen LogP contribution in [-0.2, 0) is 11.3 Å². The monoisotopic (exact) mass is 496 g/mol. The van der Waals surface area contributed by atoms with Gasteiger partial charge in [-0.25, -0.2) is 0 Å². The fourth-order valence-electron chi connectivity index (χ4n) is 3.85. The lowest BCUT2D eigenvalue weighted by Gasteiger charge is -2.37. The third-order valence-electron chi connectivity index (χ3n) is 5.48. The Kier molecular flexibility index (Phi) is 6.55. The van der Waals surface area contributed by atoms with E-state index in [0.29, 0.717) is 31.7 Å². The maximum atomic E-state index is 12.7. The van der Waals surface area contributed by atoms with Gasteiger partial charge in [0.15, 0.2) is 0 Å². The number of nitrogens with one attached hydrogen (secondary N) is 1. The van der Waals surface area contributed by atoms with E-state index in [1.807, 2.05) is 49.1 Å². The molecule has 1 fully saturated rings. The van der Waals surface area contributed by atoms with Crippen LogP contribution in [0.15, 0.2) is 53.3 Å². The number of halogens is 1. The molecule has 1 aliphatic rings. The Labute approximate surface area is 195 Å². The van der Waals surface area contributed by atoms with Gasteiger partial charge in [-0.05, 0) is 54.0 Å². The first kappa shape index (κ1) is 22.0. The minimum absolute atomic E-state index is 0.0691. The lowest BCUT2D eigenvalue weighted by Crippen LogP contribution is -2.49. The minimum atomic E-state index is -0.218. The van der Waals surface area contributed by atoms with Crippen LogP contribution in [0, 0.1) is 13.8 Å². The summed E-state index contributed by atoms with van der Waals surface area (Å²) < 4.78 is 2.51. The van der Waals surface area contributed by atoms with Crippen molar-refractivity contribution in [2.45, 2.75) is 20.4 Å². The molecule has 0 radical (unpaired) electrons. The van der Waals surface area contributed by atoms with Gasteiger partial charge in [-0.3, -0.25) is 19.3 Å². The average Bonchev–Trinajstić information content (AvgIpc) is 3.10. The molecule has 2 amide bonds. The van der Waals surface area contributed by atoms with Crippen LogP contribution in [0.25, 0.3) is 0 Å². The van der Waals surface area contributed by atoms with Crippen molar-refractivity contribution in [2.24, 2.45) is 0 Å². The summed E-state index contributed by atoms with van der Waals surface area (Å²) in [6, 6.07) is 11.4. The smallest absolute Gasteiger partial charge is 0.257 e.